The van der Waals surface area contributed by atoms with Crippen molar-refractivity contribution in [3.05, 3.63) is 0 Å². The van der Waals surface area contributed by atoms with Gasteiger partial charge in [0.1, 0.15) is 0 Å². The third kappa shape index (κ3) is 1.75. The van der Waals surface area contributed by atoms with E-state index in [-0.39, 0.29) is 5.92 Å². The van der Waals surface area contributed by atoms with Crippen molar-refractivity contribution in [2.75, 3.05) is 6.54 Å². The highest BCUT2D eigenvalue weighted by molar-refractivity contribution is 5.08. The van der Waals surface area contributed by atoms with E-state index in [9.17, 15) is 5.11 Å². The van der Waals surface area contributed by atoms with Crippen LogP contribution in [0.1, 0.15) is 40.5 Å². The van der Waals surface area contributed by atoms with Crippen LogP contribution < -0.4 is 5.73 Å². The monoisotopic (exact) mass is 185 g/mol. The van der Waals surface area contributed by atoms with Gasteiger partial charge in [-0.2, -0.15) is 0 Å². The van der Waals surface area contributed by atoms with Crippen LogP contribution in [0.5, 0.6) is 0 Å². The third-order valence-electron chi connectivity index (χ3n) is 3.89. The van der Waals surface area contributed by atoms with Crippen LogP contribution >= 0.6 is 0 Å². The van der Waals surface area contributed by atoms with Crippen molar-refractivity contribution in [3.63, 3.8) is 0 Å². The molecule has 0 aliphatic heterocycles. The quantitative estimate of drug-likeness (QED) is 0.701. The first-order valence-electron chi connectivity index (χ1n) is 5.31. The standard InChI is InChI=1S/C11H23NO/c1-5-11(13,8(2)7-12)9-6-10(9,3)4/h8-9,13H,5-7,12H2,1-4H3. The first-order chi connectivity index (χ1) is 5.88. The maximum atomic E-state index is 10.5. The molecule has 0 amide bonds. The van der Waals surface area contributed by atoms with E-state index in [0.29, 0.717) is 17.9 Å². The molecule has 0 aromatic heterocycles. The molecule has 1 aliphatic carbocycles. The molecule has 2 nitrogen and oxygen atoms in total. The minimum absolute atomic E-state index is 0.212. The van der Waals surface area contributed by atoms with Crippen molar-refractivity contribution in [1.82, 2.24) is 0 Å². The molecule has 0 aromatic rings. The van der Waals surface area contributed by atoms with Gasteiger partial charge >= 0.3 is 0 Å². The van der Waals surface area contributed by atoms with Gasteiger partial charge in [0, 0.05) is 0 Å². The highest BCUT2D eigenvalue weighted by Gasteiger charge is 2.58. The van der Waals surface area contributed by atoms with Crippen LogP contribution in [0.4, 0.5) is 0 Å². The predicted molar refractivity (Wildman–Crippen MR) is 55.3 cm³/mol. The maximum absolute atomic E-state index is 10.5. The van der Waals surface area contributed by atoms with Gasteiger partial charge in [-0.3, -0.25) is 0 Å². The van der Waals surface area contributed by atoms with Gasteiger partial charge in [0.2, 0.25) is 0 Å². The van der Waals surface area contributed by atoms with Crippen LogP contribution in [0.25, 0.3) is 0 Å². The molecule has 3 unspecified atom stereocenters. The summed E-state index contributed by atoms with van der Waals surface area (Å²) in [6.07, 6.45) is 1.96. The van der Waals surface area contributed by atoms with Crippen molar-refractivity contribution in [1.29, 1.82) is 0 Å². The van der Waals surface area contributed by atoms with Crippen molar-refractivity contribution in [2.45, 2.75) is 46.1 Å². The summed E-state index contributed by atoms with van der Waals surface area (Å²) in [5.74, 6) is 0.660. The fourth-order valence-electron chi connectivity index (χ4n) is 2.46. The molecule has 0 aromatic carbocycles. The Morgan fingerprint density at radius 1 is 1.62 bits per heavy atom. The van der Waals surface area contributed by atoms with E-state index in [1.165, 1.54) is 0 Å². The summed E-state index contributed by atoms with van der Waals surface area (Å²) in [5.41, 5.74) is 5.43. The molecule has 0 radical (unpaired) electrons. The van der Waals surface area contributed by atoms with Crippen molar-refractivity contribution in [3.8, 4) is 0 Å². The second-order valence-corrected chi connectivity index (χ2v) is 5.23. The molecular formula is C11H23NO. The Labute approximate surface area is 81.5 Å². The van der Waals surface area contributed by atoms with Gasteiger partial charge in [-0.1, -0.05) is 27.7 Å². The summed E-state index contributed by atoms with van der Waals surface area (Å²) in [6.45, 7) is 9.14. The van der Waals surface area contributed by atoms with Crippen molar-refractivity contribution in [2.24, 2.45) is 23.0 Å². The van der Waals surface area contributed by atoms with Gasteiger partial charge in [0.25, 0.3) is 0 Å². The van der Waals surface area contributed by atoms with Crippen LogP contribution in [-0.2, 0) is 0 Å². The van der Waals surface area contributed by atoms with Crippen LogP contribution in [-0.4, -0.2) is 17.3 Å². The average molecular weight is 185 g/mol. The number of aliphatic hydroxyl groups is 1. The van der Waals surface area contributed by atoms with Gasteiger partial charge in [-0.25, -0.2) is 0 Å². The van der Waals surface area contributed by atoms with Gasteiger partial charge in [-0.15, -0.1) is 0 Å². The lowest BCUT2D eigenvalue weighted by Crippen LogP contribution is -2.43. The van der Waals surface area contributed by atoms with Crippen LogP contribution in [0.2, 0.25) is 0 Å². The number of hydrogen-bond acceptors (Lipinski definition) is 2. The predicted octanol–water partition coefficient (Wildman–Crippen LogP) is 1.77. The van der Waals surface area contributed by atoms with E-state index in [4.69, 9.17) is 5.73 Å². The fraction of sp³-hybridized carbons (Fsp3) is 1.00. The SMILES string of the molecule is CCC(O)(C(C)CN)C1CC1(C)C. The normalized spacial score (nSPS) is 32.3. The highest BCUT2D eigenvalue weighted by Crippen LogP contribution is 2.59. The number of hydrogen-bond donors (Lipinski definition) is 2. The molecule has 1 rings (SSSR count). The van der Waals surface area contributed by atoms with Gasteiger partial charge in [0.05, 0.1) is 5.60 Å². The Balaban J connectivity index is 2.71. The molecule has 0 spiro atoms. The second kappa shape index (κ2) is 3.25. The summed E-state index contributed by atoms with van der Waals surface area (Å²) < 4.78 is 0. The Kier molecular flexibility index (Phi) is 2.75. The molecule has 0 saturated heterocycles. The lowest BCUT2D eigenvalue weighted by Gasteiger charge is -2.34. The van der Waals surface area contributed by atoms with Crippen LogP contribution in [0, 0.1) is 17.3 Å². The second-order valence-electron chi connectivity index (χ2n) is 5.23. The van der Waals surface area contributed by atoms with E-state index >= 15 is 0 Å². The largest absolute Gasteiger partial charge is 0.389 e. The van der Waals surface area contributed by atoms with Crippen LogP contribution in [0.15, 0.2) is 0 Å². The van der Waals surface area contributed by atoms with Crippen LogP contribution in [0.3, 0.4) is 0 Å². The summed E-state index contributed by atoms with van der Waals surface area (Å²) >= 11 is 0. The van der Waals surface area contributed by atoms with Gasteiger partial charge in [-0.05, 0) is 36.6 Å². The average Bonchev–Trinajstić information content (AvgIpc) is 2.73. The molecule has 1 saturated carbocycles. The number of nitrogens with two attached hydrogens (primary N) is 1. The lowest BCUT2D eigenvalue weighted by molar-refractivity contribution is -0.0424. The molecular weight excluding hydrogens is 162 g/mol. The minimum Gasteiger partial charge on any atom is -0.389 e. The van der Waals surface area contributed by atoms with Gasteiger partial charge < -0.3 is 10.8 Å². The molecule has 0 bridgehead atoms. The van der Waals surface area contributed by atoms with Crippen molar-refractivity contribution < 1.29 is 5.11 Å². The smallest absolute Gasteiger partial charge is 0.0715 e. The summed E-state index contributed by atoms with van der Waals surface area (Å²) in [7, 11) is 0. The molecule has 1 fully saturated rings. The van der Waals surface area contributed by atoms with E-state index < -0.39 is 5.60 Å². The van der Waals surface area contributed by atoms with E-state index in [2.05, 4.69) is 27.7 Å². The molecule has 2 heteroatoms. The Hall–Kier alpha value is -0.0800. The van der Waals surface area contributed by atoms with E-state index in [1.807, 2.05) is 0 Å². The molecule has 3 N–H and O–H groups in total. The Morgan fingerprint density at radius 2 is 2.08 bits per heavy atom. The third-order valence-corrected chi connectivity index (χ3v) is 3.89. The summed E-state index contributed by atoms with van der Waals surface area (Å²) in [4.78, 5) is 0. The van der Waals surface area contributed by atoms with Gasteiger partial charge in [0.15, 0.2) is 0 Å². The molecule has 1 aliphatic rings. The Morgan fingerprint density at radius 3 is 2.31 bits per heavy atom. The molecule has 3 atom stereocenters. The summed E-state index contributed by atoms with van der Waals surface area (Å²) in [6, 6.07) is 0. The first kappa shape index (κ1) is 11.0. The summed E-state index contributed by atoms with van der Waals surface area (Å²) in [5, 5.41) is 10.5. The zero-order chi connectivity index (χ0) is 10.3. The number of rotatable bonds is 4. The van der Waals surface area contributed by atoms with E-state index in [1.54, 1.807) is 0 Å². The maximum Gasteiger partial charge on any atom is 0.0715 e. The minimum atomic E-state index is -0.530. The first-order valence-corrected chi connectivity index (χ1v) is 5.31. The van der Waals surface area contributed by atoms with E-state index in [0.717, 1.165) is 12.8 Å². The lowest BCUT2D eigenvalue weighted by atomic mass is 9.79. The topological polar surface area (TPSA) is 46.2 Å². The zero-order valence-electron chi connectivity index (χ0n) is 9.30. The highest BCUT2D eigenvalue weighted by atomic mass is 16.3. The molecule has 13 heavy (non-hydrogen) atoms. The molecule has 0 heterocycles. The fourth-order valence-corrected chi connectivity index (χ4v) is 2.46. The van der Waals surface area contributed by atoms with Crippen molar-refractivity contribution >= 4 is 0 Å². The zero-order valence-corrected chi connectivity index (χ0v) is 9.30. The Bertz CT molecular complexity index is 191. The molecule has 78 valence electrons.